The van der Waals surface area contributed by atoms with E-state index in [9.17, 15) is 4.39 Å². The number of nitrogens with one attached hydrogen (secondary N) is 1. The molecule has 0 bridgehead atoms. The average Bonchev–Trinajstić information content (AvgIpc) is 2.70. The number of nitrogens with two attached hydrogens (primary N) is 1. The summed E-state index contributed by atoms with van der Waals surface area (Å²) in [5, 5.41) is 3.79. The summed E-state index contributed by atoms with van der Waals surface area (Å²) in [4.78, 5) is 0. The van der Waals surface area contributed by atoms with E-state index in [-0.39, 0.29) is 16.9 Å². The Morgan fingerprint density at radius 3 is 2.86 bits per heavy atom. The largest absolute Gasteiger partial charge is 0.325 e. The molecule has 1 aliphatic heterocycles. The van der Waals surface area contributed by atoms with Crippen LogP contribution >= 0.6 is 0 Å². The second-order valence-electron chi connectivity index (χ2n) is 8.21. The number of halogens is 1. The fourth-order valence-corrected chi connectivity index (χ4v) is 5.90. The molecule has 1 heterocycles. The van der Waals surface area contributed by atoms with Gasteiger partial charge in [-0.2, -0.15) is 0 Å². The third kappa shape index (κ3) is 1.71. The van der Waals surface area contributed by atoms with E-state index in [1.54, 1.807) is 0 Å². The van der Waals surface area contributed by atoms with Crippen LogP contribution in [-0.2, 0) is 0 Å². The van der Waals surface area contributed by atoms with Gasteiger partial charge >= 0.3 is 0 Å². The highest BCUT2D eigenvalue weighted by Gasteiger charge is 2.61. The number of hydrogen-bond acceptors (Lipinski definition) is 2. The van der Waals surface area contributed by atoms with Crippen LogP contribution in [0.25, 0.3) is 0 Å². The van der Waals surface area contributed by atoms with Gasteiger partial charge in [0.2, 0.25) is 0 Å². The van der Waals surface area contributed by atoms with Crippen molar-refractivity contribution in [3.63, 3.8) is 0 Å². The highest BCUT2D eigenvalue weighted by Crippen LogP contribution is 2.58. The second kappa shape index (κ2) is 4.42. The molecule has 0 aromatic heterocycles. The van der Waals surface area contributed by atoms with Gasteiger partial charge in [-0.05, 0) is 37.0 Å². The maximum Gasteiger partial charge on any atom is 0.116 e. The van der Waals surface area contributed by atoms with Gasteiger partial charge in [0.25, 0.3) is 0 Å². The Balaban J connectivity index is 1.69. The molecule has 3 N–H and O–H groups in total. The van der Waals surface area contributed by atoms with Crippen molar-refractivity contribution >= 4 is 0 Å². The molecule has 21 heavy (non-hydrogen) atoms. The van der Waals surface area contributed by atoms with Crippen LogP contribution in [0.5, 0.6) is 0 Å². The van der Waals surface area contributed by atoms with Crippen LogP contribution in [0, 0.1) is 28.6 Å². The zero-order chi connectivity index (χ0) is 14.8. The third-order valence-corrected chi connectivity index (χ3v) is 7.32. The molecule has 0 spiro atoms. The summed E-state index contributed by atoms with van der Waals surface area (Å²) >= 11 is 0. The Kier molecular flexibility index (Phi) is 2.94. The molecule has 3 heteroatoms. The molecule has 0 amide bonds. The van der Waals surface area contributed by atoms with Crippen molar-refractivity contribution in [1.82, 2.24) is 5.32 Å². The zero-order valence-corrected chi connectivity index (χ0v) is 13.1. The van der Waals surface area contributed by atoms with Gasteiger partial charge in [0.15, 0.2) is 0 Å². The van der Waals surface area contributed by atoms with E-state index in [0.717, 1.165) is 6.54 Å². The predicted octanol–water partition coefficient (Wildman–Crippen LogP) is 2.81. The van der Waals surface area contributed by atoms with Crippen LogP contribution in [0.4, 0.5) is 4.39 Å². The highest BCUT2D eigenvalue weighted by atomic mass is 19.1. The Morgan fingerprint density at radius 2 is 2.05 bits per heavy atom. The van der Waals surface area contributed by atoms with Gasteiger partial charge in [-0.15, -0.1) is 0 Å². The first kappa shape index (κ1) is 14.0. The van der Waals surface area contributed by atoms with Crippen LogP contribution in [0.1, 0.15) is 33.1 Å². The molecule has 3 unspecified atom stereocenters. The van der Waals surface area contributed by atoms with Gasteiger partial charge in [0, 0.05) is 29.5 Å². The van der Waals surface area contributed by atoms with Crippen molar-refractivity contribution in [2.24, 2.45) is 34.3 Å². The van der Waals surface area contributed by atoms with E-state index < -0.39 is 6.17 Å². The molecular formula is C18H27FN2. The number of allylic oxidation sites excluding steroid dienone is 3. The Hall–Kier alpha value is -0.670. The van der Waals surface area contributed by atoms with Crippen LogP contribution in [0.3, 0.4) is 0 Å². The monoisotopic (exact) mass is 290 g/mol. The maximum atomic E-state index is 14.3. The normalized spacial score (nSPS) is 58.5. The fourth-order valence-electron chi connectivity index (χ4n) is 5.90. The van der Waals surface area contributed by atoms with Gasteiger partial charge in [-0.25, -0.2) is 4.39 Å². The maximum absolute atomic E-state index is 14.3. The Labute approximate surface area is 127 Å². The lowest BCUT2D eigenvalue weighted by Gasteiger charge is -2.58. The standard InChI is InChI=1S/C18H27FN2/c1-17-8-4-3-5-11(17)6-7-12-13-9-14(19)15(20)18(13,2)10-21-16(12)17/h3-5,8,11-16,21H,6-7,9-10,20H2,1-2H3/t11?,12-,13-,14?,15?,16+,17-,18-/m0/s1. The van der Waals surface area contributed by atoms with E-state index in [2.05, 4.69) is 43.5 Å². The quantitative estimate of drug-likeness (QED) is 0.720. The first-order chi connectivity index (χ1) is 9.97. The highest BCUT2D eigenvalue weighted by molar-refractivity contribution is 5.26. The summed E-state index contributed by atoms with van der Waals surface area (Å²) in [5.74, 6) is 1.62. The Bertz CT molecular complexity index is 501. The average molecular weight is 290 g/mol. The first-order valence-corrected chi connectivity index (χ1v) is 8.46. The van der Waals surface area contributed by atoms with E-state index in [0.29, 0.717) is 30.2 Å². The summed E-state index contributed by atoms with van der Waals surface area (Å²) in [6.07, 6.45) is 11.4. The van der Waals surface area contributed by atoms with Gasteiger partial charge < -0.3 is 11.1 Å². The van der Waals surface area contributed by atoms with Crippen LogP contribution in [0.2, 0.25) is 0 Å². The fraction of sp³-hybridized carbons (Fsp3) is 0.778. The molecule has 0 aromatic carbocycles. The Morgan fingerprint density at radius 1 is 1.24 bits per heavy atom. The van der Waals surface area contributed by atoms with Crippen molar-refractivity contribution in [3.05, 3.63) is 24.3 Å². The third-order valence-electron chi connectivity index (χ3n) is 7.32. The van der Waals surface area contributed by atoms with E-state index in [1.807, 2.05) is 0 Å². The van der Waals surface area contributed by atoms with Crippen molar-refractivity contribution in [1.29, 1.82) is 0 Å². The molecule has 4 rings (SSSR count). The number of alkyl halides is 1. The zero-order valence-electron chi connectivity index (χ0n) is 13.1. The van der Waals surface area contributed by atoms with Crippen molar-refractivity contribution in [2.75, 3.05) is 6.54 Å². The minimum absolute atomic E-state index is 0.0714. The number of fused-ring (bicyclic) bond motifs is 5. The lowest BCUT2D eigenvalue weighted by atomic mass is 9.52. The molecule has 3 fully saturated rings. The molecular weight excluding hydrogens is 263 g/mol. The molecule has 2 saturated carbocycles. The smallest absolute Gasteiger partial charge is 0.116 e. The summed E-state index contributed by atoms with van der Waals surface area (Å²) in [6.45, 7) is 5.45. The molecule has 0 radical (unpaired) electrons. The molecule has 2 nitrogen and oxygen atoms in total. The van der Waals surface area contributed by atoms with Crippen molar-refractivity contribution in [2.45, 2.75) is 51.4 Å². The first-order valence-electron chi connectivity index (χ1n) is 8.46. The number of piperidine rings is 1. The molecule has 0 aromatic rings. The topological polar surface area (TPSA) is 38.0 Å². The summed E-state index contributed by atoms with van der Waals surface area (Å²) in [5.41, 5.74) is 6.32. The summed E-state index contributed by atoms with van der Waals surface area (Å²) in [6, 6.07) is 0.163. The number of rotatable bonds is 0. The SMILES string of the molecule is C[C@]12C=CC=CC1CC[C@@H]1[C@H]2NC[C@]2(C)C(N)C(F)C[C@@H]12. The van der Waals surface area contributed by atoms with E-state index in [1.165, 1.54) is 12.8 Å². The predicted molar refractivity (Wildman–Crippen MR) is 83.5 cm³/mol. The van der Waals surface area contributed by atoms with Crippen molar-refractivity contribution < 1.29 is 4.39 Å². The molecule has 3 aliphatic carbocycles. The lowest BCUT2D eigenvalue weighted by molar-refractivity contribution is -0.0247. The minimum Gasteiger partial charge on any atom is -0.325 e. The van der Waals surface area contributed by atoms with E-state index in [4.69, 9.17) is 5.73 Å². The number of hydrogen-bond donors (Lipinski definition) is 2. The molecule has 116 valence electrons. The van der Waals surface area contributed by atoms with Crippen molar-refractivity contribution in [3.8, 4) is 0 Å². The van der Waals surface area contributed by atoms with Gasteiger partial charge in [0.05, 0.1) is 0 Å². The minimum atomic E-state index is -0.826. The van der Waals surface area contributed by atoms with E-state index >= 15 is 0 Å². The molecule has 8 atom stereocenters. The van der Waals surface area contributed by atoms with Crippen LogP contribution in [0.15, 0.2) is 24.3 Å². The molecule has 4 aliphatic rings. The van der Waals surface area contributed by atoms with Crippen LogP contribution < -0.4 is 11.1 Å². The van der Waals surface area contributed by atoms with Gasteiger partial charge in [-0.3, -0.25) is 0 Å². The molecule has 1 saturated heterocycles. The van der Waals surface area contributed by atoms with Crippen LogP contribution in [-0.4, -0.2) is 24.8 Å². The second-order valence-corrected chi connectivity index (χ2v) is 8.21. The lowest BCUT2D eigenvalue weighted by Crippen LogP contribution is -2.65. The van der Waals surface area contributed by atoms with Gasteiger partial charge in [0.1, 0.15) is 6.17 Å². The summed E-state index contributed by atoms with van der Waals surface area (Å²) < 4.78 is 14.3. The van der Waals surface area contributed by atoms with Gasteiger partial charge in [-0.1, -0.05) is 38.2 Å². The summed E-state index contributed by atoms with van der Waals surface area (Å²) in [7, 11) is 0.